The molecule has 2 aliphatic rings. The number of fused-ring (bicyclic) bond motifs is 1. The Hall–Kier alpha value is -0.570. The molecule has 2 fully saturated rings. The van der Waals surface area contributed by atoms with Crippen molar-refractivity contribution in [3.8, 4) is 0 Å². The van der Waals surface area contributed by atoms with Crippen LogP contribution in [0.1, 0.15) is 46.0 Å². The van der Waals surface area contributed by atoms with Crippen LogP contribution in [0.5, 0.6) is 0 Å². The normalized spacial score (nSPS) is 30.4. The molecule has 0 amide bonds. The van der Waals surface area contributed by atoms with Gasteiger partial charge in [-0.3, -0.25) is 9.69 Å². The zero-order valence-electron chi connectivity index (χ0n) is 10.4. The van der Waals surface area contributed by atoms with Crippen LogP contribution in [0, 0.1) is 5.92 Å². The smallest absolute Gasteiger partial charge is 0.320 e. The van der Waals surface area contributed by atoms with Gasteiger partial charge >= 0.3 is 5.97 Å². The summed E-state index contributed by atoms with van der Waals surface area (Å²) in [6.45, 7) is 5.40. The Morgan fingerprint density at radius 2 is 2.06 bits per heavy atom. The second-order valence-electron chi connectivity index (χ2n) is 5.41. The summed E-state index contributed by atoms with van der Waals surface area (Å²) in [6.07, 6.45) is 6.60. The summed E-state index contributed by atoms with van der Waals surface area (Å²) >= 11 is 0. The number of piperidine rings is 1. The quantitative estimate of drug-likeness (QED) is 0.690. The third-order valence-electron chi connectivity index (χ3n) is 3.81. The Bertz CT molecular complexity index is 252. The molecule has 0 aromatic rings. The summed E-state index contributed by atoms with van der Waals surface area (Å²) in [6, 6.07) is 0.661. The fourth-order valence-electron chi connectivity index (χ4n) is 3.22. The van der Waals surface area contributed by atoms with Crippen molar-refractivity contribution in [2.45, 2.75) is 58.1 Å². The predicted molar refractivity (Wildman–Crippen MR) is 63.2 cm³/mol. The molecule has 2 atom stereocenters. The Morgan fingerprint density at radius 3 is 2.81 bits per heavy atom. The number of esters is 1. The predicted octanol–water partition coefficient (Wildman–Crippen LogP) is 2.20. The molecular weight excluding hydrogens is 202 g/mol. The standard InChI is InChI=1S/C13H23NO2/c1-10(2)16-13(15)9-14-8-4-6-11-5-3-7-12(11)14/h10-12H,3-9H2,1-2H3. The zero-order valence-corrected chi connectivity index (χ0v) is 10.4. The van der Waals surface area contributed by atoms with E-state index in [1.54, 1.807) is 0 Å². The lowest BCUT2D eigenvalue weighted by Gasteiger charge is -2.37. The Labute approximate surface area is 98.1 Å². The van der Waals surface area contributed by atoms with E-state index in [0.717, 1.165) is 12.5 Å². The van der Waals surface area contributed by atoms with Crippen LogP contribution in [0.25, 0.3) is 0 Å². The van der Waals surface area contributed by atoms with Gasteiger partial charge < -0.3 is 4.74 Å². The highest BCUT2D eigenvalue weighted by Gasteiger charge is 2.35. The average molecular weight is 225 g/mol. The molecule has 0 bridgehead atoms. The van der Waals surface area contributed by atoms with Crippen LogP contribution in [0.3, 0.4) is 0 Å². The summed E-state index contributed by atoms with van der Waals surface area (Å²) < 4.78 is 5.22. The van der Waals surface area contributed by atoms with Crippen LogP contribution in [0.15, 0.2) is 0 Å². The molecule has 0 spiro atoms. The number of hydrogen-bond donors (Lipinski definition) is 0. The molecule has 92 valence electrons. The second kappa shape index (κ2) is 5.17. The molecule has 0 aromatic heterocycles. The molecule has 2 rings (SSSR count). The fraction of sp³-hybridized carbons (Fsp3) is 0.923. The van der Waals surface area contributed by atoms with Crippen molar-refractivity contribution < 1.29 is 9.53 Å². The highest BCUT2D eigenvalue weighted by Crippen LogP contribution is 2.36. The van der Waals surface area contributed by atoms with Gasteiger partial charge in [0.05, 0.1) is 12.6 Å². The number of ether oxygens (including phenoxy) is 1. The number of nitrogens with zero attached hydrogens (tertiary/aromatic N) is 1. The van der Waals surface area contributed by atoms with E-state index in [1.807, 2.05) is 13.8 Å². The van der Waals surface area contributed by atoms with Crippen LogP contribution in [-0.4, -0.2) is 36.1 Å². The van der Waals surface area contributed by atoms with Crippen molar-refractivity contribution >= 4 is 5.97 Å². The molecule has 1 saturated carbocycles. The van der Waals surface area contributed by atoms with Crippen molar-refractivity contribution in [2.24, 2.45) is 5.92 Å². The number of hydrogen-bond acceptors (Lipinski definition) is 3. The Balaban J connectivity index is 1.86. The summed E-state index contributed by atoms with van der Waals surface area (Å²) in [5.41, 5.74) is 0. The summed E-state index contributed by atoms with van der Waals surface area (Å²) in [7, 11) is 0. The maximum absolute atomic E-state index is 11.6. The van der Waals surface area contributed by atoms with Gasteiger partial charge in [-0.15, -0.1) is 0 Å². The average Bonchev–Trinajstić information content (AvgIpc) is 2.65. The van der Waals surface area contributed by atoms with Crippen LogP contribution < -0.4 is 0 Å². The van der Waals surface area contributed by atoms with Gasteiger partial charge in [0, 0.05) is 6.04 Å². The minimum Gasteiger partial charge on any atom is -0.462 e. The van der Waals surface area contributed by atoms with E-state index in [4.69, 9.17) is 4.74 Å². The molecule has 3 heteroatoms. The van der Waals surface area contributed by atoms with Gasteiger partial charge in [0.15, 0.2) is 0 Å². The van der Waals surface area contributed by atoms with Crippen molar-refractivity contribution in [1.82, 2.24) is 4.90 Å². The minimum absolute atomic E-state index is 0.0108. The Kier molecular flexibility index (Phi) is 3.85. The minimum atomic E-state index is -0.0532. The molecule has 1 aliphatic heterocycles. The lowest BCUT2D eigenvalue weighted by atomic mass is 9.92. The first-order valence-electron chi connectivity index (χ1n) is 6.60. The highest BCUT2D eigenvalue weighted by atomic mass is 16.5. The van der Waals surface area contributed by atoms with Crippen molar-refractivity contribution in [3.63, 3.8) is 0 Å². The van der Waals surface area contributed by atoms with Gasteiger partial charge in [0.25, 0.3) is 0 Å². The molecule has 1 saturated heterocycles. The van der Waals surface area contributed by atoms with Gasteiger partial charge in [0.1, 0.15) is 0 Å². The number of carbonyl (C=O) groups excluding carboxylic acids is 1. The summed E-state index contributed by atoms with van der Waals surface area (Å²) in [4.78, 5) is 14.0. The van der Waals surface area contributed by atoms with E-state index in [9.17, 15) is 4.79 Å². The second-order valence-corrected chi connectivity index (χ2v) is 5.41. The lowest BCUT2D eigenvalue weighted by Crippen LogP contribution is -2.45. The molecule has 2 unspecified atom stereocenters. The first-order chi connectivity index (χ1) is 7.66. The van der Waals surface area contributed by atoms with Crippen molar-refractivity contribution in [1.29, 1.82) is 0 Å². The summed E-state index contributed by atoms with van der Waals surface area (Å²) in [5.74, 6) is 0.795. The van der Waals surface area contributed by atoms with Gasteiger partial charge in [-0.1, -0.05) is 6.42 Å². The third kappa shape index (κ3) is 2.76. The molecule has 1 heterocycles. The fourth-order valence-corrected chi connectivity index (χ4v) is 3.22. The third-order valence-corrected chi connectivity index (χ3v) is 3.81. The lowest BCUT2D eigenvalue weighted by molar-refractivity contribution is -0.149. The SMILES string of the molecule is CC(C)OC(=O)CN1CCCC2CCCC21. The van der Waals surface area contributed by atoms with E-state index in [1.165, 1.54) is 32.1 Å². The van der Waals surface area contributed by atoms with E-state index in [-0.39, 0.29) is 12.1 Å². The van der Waals surface area contributed by atoms with E-state index in [0.29, 0.717) is 12.6 Å². The summed E-state index contributed by atoms with van der Waals surface area (Å²) in [5, 5.41) is 0. The molecule has 16 heavy (non-hydrogen) atoms. The number of rotatable bonds is 3. The van der Waals surface area contributed by atoms with Gasteiger partial charge in [-0.05, 0) is 52.0 Å². The molecule has 0 radical (unpaired) electrons. The van der Waals surface area contributed by atoms with Gasteiger partial charge in [-0.25, -0.2) is 0 Å². The van der Waals surface area contributed by atoms with Crippen LogP contribution in [0.4, 0.5) is 0 Å². The maximum atomic E-state index is 11.6. The van der Waals surface area contributed by atoms with Crippen molar-refractivity contribution in [3.05, 3.63) is 0 Å². The van der Waals surface area contributed by atoms with Gasteiger partial charge in [0.2, 0.25) is 0 Å². The first kappa shape index (κ1) is 11.9. The van der Waals surface area contributed by atoms with Crippen LogP contribution in [-0.2, 0) is 9.53 Å². The molecule has 0 aromatic carbocycles. The zero-order chi connectivity index (χ0) is 11.5. The molecule has 0 N–H and O–H groups in total. The number of carbonyl (C=O) groups is 1. The molecule has 3 nitrogen and oxygen atoms in total. The monoisotopic (exact) mass is 225 g/mol. The number of likely N-dealkylation sites (tertiary alicyclic amines) is 1. The first-order valence-corrected chi connectivity index (χ1v) is 6.60. The maximum Gasteiger partial charge on any atom is 0.320 e. The van der Waals surface area contributed by atoms with Crippen LogP contribution >= 0.6 is 0 Å². The van der Waals surface area contributed by atoms with Gasteiger partial charge in [-0.2, -0.15) is 0 Å². The van der Waals surface area contributed by atoms with Crippen LogP contribution in [0.2, 0.25) is 0 Å². The van der Waals surface area contributed by atoms with E-state index in [2.05, 4.69) is 4.90 Å². The van der Waals surface area contributed by atoms with E-state index < -0.39 is 0 Å². The largest absolute Gasteiger partial charge is 0.462 e. The molecule has 1 aliphatic carbocycles. The molecular formula is C13H23NO2. The van der Waals surface area contributed by atoms with E-state index >= 15 is 0 Å². The topological polar surface area (TPSA) is 29.5 Å². The van der Waals surface area contributed by atoms with Crippen molar-refractivity contribution in [2.75, 3.05) is 13.1 Å². The highest BCUT2D eigenvalue weighted by molar-refractivity contribution is 5.71. The Morgan fingerprint density at radius 1 is 1.31 bits per heavy atom.